The molecule has 0 saturated heterocycles. The van der Waals surface area contributed by atoms with E-state index in [4.69, 9.17) is 0 Å². The van der Waals surface area contributed by atoms with Crippen LogP contribution < -0.4 is 0 Å². The summed E-state index contributed by atoms with van der Waals surface area (Å²) < 4.78 is 0. The van der Waals surface area contributed by atoms with E-state index in [1.54, 1.807) is 0 Å². The van der Waals surface area contributed by atoms with Crippen LogP contribution in [0.1, 0.15) is 32.4 Å². The van der Waals surface area contributed by atoms with E-state index < -0.39 is 0 Å². The van der Waals surface area contributed by atoms with Crippen molar-refractivity contribution in [2.45, 2.75) is 32.4 Å². The Bertz CT molecular complexity index is 351. The van der Waals surface area contributed by atoms with Gasteiger partial charge in [0.15, 0.2) is 0 Å². The Kier molecular flexibility index (Phi) is 2.79. The second-order valence-electron chi connectivity index (χ2n) is 5.11. The Hall–Kier alpha value is -0.885. The fourth-order valence-electron chi connectivity index (χ4n) is 2.15. The molecule has 1 aliphatic heterocycles. The van der Waals surface area contributed by atoms with E-state index in [1.807, 2.05) is 0 Å². The summed E-state index contributed by atoms with van der Waals surface area (Å²) in [5, 5.41) is 0. The molecule has 1 aromatic rings. The molecule has 15 heavy (non-hydrogen) atoms. The first-order chi connectivity index (χ1) is 7.09. The molecule has 1 unspecified atom stereocenters. The molecule has 2 heteroatoms. The zero-order valence-electron chi connectivity index (χ0n) is 9.77. The molecule has 0 N–H and O–H groups in total. The van der Waals surface area contributed by atoms with Crippen LogP contribution in [0, 0.1) is 0 Å². The average Bonchev–Trinajstić information content (AvgIpc) is 2.67. The third-order valence-corrected chi connectivity index (χ3v) is 2.96. The van der Waals surface area contributed by atoms with Crippen LogP contribution in [0.5, 0.6) is 0 Å². The summed E-state index contributed by atoms with van der Waals surface area (Å²) in [6.07, 6.45) is 1.06. The Morgan fingerprint density at radius 2 is 1.87 bits per heavy atom. The second kappa shape index (κ2) is 3.94. The van der Waals surface area contributed by atoms with Crippen LogP contribution in [0.15, 0.2) is 30.3 Å². The van der Waals surface area contributed by atoms with Gasteiger partial charge in [-0.25, -0.2) is 0 Å². The number of rotatable bonds is 1. The summed E-state index contributed by atoms with van der Waals surface area (Å²) in [5.41, 5.74) is 1.62. The van der Waals surface area contributed by atoms with Gasteiger partial charge in [0.1, 0.15) is 0 Å². The molecule has 0 aliphatic carbocycles. The zero-order valence-corrected chi connectivity index (χ0v) is 9.77. The molecule has 0 aromatic heterocycles. The molecule has 1 aliphatic rings. The van der Waals surface area contributed by atoms with Gasteiger partial charge >= 0.3 is 92.5 Å². The minimum atomic E-state index is 0.226. The zero-order chi connectivity index (χ0) is 10.9. The van der Waals surface area contributed by atoms with Gasteiger partial charge in [0, 0.05) is 0 Å². The van der Waals surface area contributed by atoms with Crippen molar-refractivity contribution in [3.05, 3.63) is 35.9 Å². The van der Waals surface area contributed by atoms with Gasteiger partial charge in [0.05, 0.1) is 0 Å². The number of benzene rings is 1. The van der Waals surface area contributed by atoms with Crippen LogP contribution >= 0.6 is 0 Å². The minimum absolute atomic E-state index is 0.226. The third kappa shape index (κ3) is 2.20. The van der Waals surface area contributed by atoms with Gasteiger partial charge in [-0.3, -0.25) is 0 Å². The maximum absolute atomic E-state index is 2.52. The molecular formula is C13H18BN. The van der Waals surface area contributed by atoms with Crippen molar-refractivity contribution in [1.29, 1.82) is 0 Å². The molecule has 78 valence electrons. The van der Waals surface area contributed by atoms with E-state index in [9.17, 15) is 0 Å². The topological polar surface area (TPSA) is 3.24 Å². The fraction of sp³-hybridized carbons (Fsp3) is 0.462. The predicted octanol–water partition coefficient (Wildman–Crippen LogP) is 2.31. The number of nitrogens with zero attached hydrogens (tertiary/aromatic N) is 1. The molecule has 2 rings (SSSR count). The van der Waals surface area contributed by atoms with Crippen LogP contribution in [0.4, 0.5) is 0 Å². The van der Waals surface area contributed by atoms with Gasteiger partial charge in [-0.2, -0.15) is 0 Å². The van der Waals surface area contributed by atoms with Crippen LogP contribution in [-0.4, -0.2) is 29.8 Å². The summed E-state index contributed by atoms with van der Waals surface area (Å²) in [4.78, 5) is 2.52. The maximum atomic E-state index is 2.52. The normalized spacial score (nSPS) is 21.7. The van der Waals surface area contributed by atoms with Crippen LogP contribution in [0.25, 0.3) is 0 Å². The van der Waals surface area contributed by atoms with Gasteiger partial charge < -0.3 is 0 Å². The van der Waals surface area contributed by atoms with Crippen molar-refractivity contribution < 1.29 is 0 Å². The summed E-state index contributed by atoms with van der Waals surface area (Å²) in [5.74, 6) is 2.31. The molecule has 1 heterocycles. The molecule has 0 fully saturated rings. The molecule has 0 spiro atoms. The van der Waals surface area contributed by atoms with E-state index in [0.717, 1.165) is 6.44 Å². The summed E-state index contributed by atoms with van der Waals surface area (Å²) in [6, 6.07) is 11.2. The van der Waals surface area contributed by atoms with Gasteiger partial charge in [-0.1, -0.05) is 0 Å². The molecule has 0 saturated carbocycles. The van der Waals surface area contributed by atoms with E-state index in [-0.39, 0.29) is 5.54 Å². The summed E-state index contributed by atoms with van der Waals surface area (Å²) in [7, 11) is 0. The fourth-order valence-corrected chi connectivity index (χ4v) is 2.15. The van der Waals surface area contributed by atoms with Gasteiger partial charge in [-0.05, 0) is 0 Å². The number of hydrogen-bond acceptors (Lipinski definition) is 1. The molecule has 1 nitrogen and oxygen atoms in total. The van der Waals surface area contributed by atoms with E-state index >= 15 is 0 Å². The monoisotopic (exact) mass is 199 g/mol. The van der Waals surface area contributed by atoms with E-state index in [0.29, 0.717) is 6.04 Å². The van der Waals surface area contributed by atoms with Crippen molar-refractivity contribution in [1.82, 2.24) is 4.90 Å². The Balaban J connectivity index is 2.26. The standard InChI is InChI=1S/C13H18BN/c1-13(2,3)15-10-14-9-12(15)11-7-5-4-6-8-11/h4-9,12H,10H2,1-3H3. The first-order valence-corrected chi connectivity index (χ1v) is 5.57. The van der Waals surface area contributed by atoms with E-state index in [1.165, 1.54) is 5.56 Å². The third-order valence-electron chi connectivity index (χ3n) is 2.96. The van der Waals surface area contributed by atoms with E-state index in [2.05, 4.69) is 68.9 Å². The van der Waals surface area contributed by atoms with Gasteiger partial charge in [-0.15, -0.1) is 0 Å². The first kappa shape index (κ1) is 10.6. The van der Waals surface area contributed by atoms with Crippen molar-refractivity contribution in [2.24, 2.45) is 0 Å². The van der Waals surface area contributed by atoms with Crippen molar-refractivity contribution in [2.75, 3.05) is 6.44 Å². The van der Waals surface area contributed by atoms with Crippen LogP contribution in [0.2, 0.25) is 0 Å². The SMILES string of the molecule is CC(C)(C)N1CB=CC1c1ccccc1. The molecule has 0 bridgehead atoms. The first-order valence-electron chi connectivity index (χ1n) is 5.57. The van der Waals surface area contributed by atoms with Crippen LogP contribution in [0.3, 0.4) is 0 Å². The summed E-state index contributed by atoms with van der Waals surface area (Å²) >= 11 is 0. The van der Waals surface area contributed by atoms with Crippen molar-refractivity contribution in [3.63, 3.8) is 0 Å². The van der Waals surface area contributed by atoms with Crippen LogP contribution in [-0.2, 0) is 0 Å². The number of hydrogen-bond donors (Lipinski definition) is 0. The quantitative estimate of drug-likeness (QED) is 0.627. The second-order valence-corrected chi connectivity index (χ2v) is 5.11. The molecule has 0 amide bonds. The Labute approximate surface area is 93.0 Å². The Morgan fingerprint density at radius 3 is 2.47 bits per heavy atom. The van der Waals surface area contributed by atoms with Gasteiger partial charge in [0.2, 0.25) is 0 Å². The van der Waals surface area contributed by atoms with Gasteiger partial charge in [0.25, 0.3) is 0 Å². The predicted molar refractivity (Wildman–Crippen MR) is 67.5 cm³/mol. The Morgan fingerprint density at radius 1 is 1.20 bits per heavy atom. The average molecular weight is 199 g/mol. The molecule has 1 atom stereocenters. The molecule has 0 radical (unpaired) electrons. The summed E-state index contributed by atoms with van der Waals surface area (Å²) in [6.45, 7) is 9.09. The van der Waals surface area contributed by atoms with Crippen molar-refractivity contribution in [3.8, 4) is 0 Å². The molecule has 1 aromatic carbocycles. The van der Waals surface area contributed by atoms with Crippen molar-refractivity contribution >= 4 is 12.9 Å². The molecular weight excluding hydrogens is 181 g/mol.